The fourth-order valence-corrected chi connectivity index (χ4v) is 3.48. The summed E-state index contributed by atoms with van der Waals surface area (Å²) in [6, 6.07) is 5.54. The summed E-state index contributed by atoms with van der Waals surface area (Å²) < 4.78 is 65.3. The van der Waals surface area contributed by atoms with Crippen LogP contribution >= 0.6 is 0 Å². The van der Waals surface area contributed by atoms with E-state index in [1.807, 2.05) is 0 Å². The zero-order chi connectivity index (χ0) is 21.3. The molecule has 0 aliphatic rings. The summed E-state index contributed by atoms with van der Waals surface area (Å²) in [5.74, 6) is -1.06. The molecule has 2 unspecified atom stereocenters. The van der Waals surface area contributed by atoms with Crippen LogP contribution in [0.5, 0.6) is 11.5 Å². The quantitative estimate of drug-likeness (QED) is 0.491. The van der Waals surface area contributed by atoms with Gasteiger partial charge in [-0.3, -0.25) is 9.11 Å². The molecular formula is C17H16FN3O6S2. The van der Waals surface area contributed by atoms with Gasteiger partial charge in [0.1, 0.15) is 17.3 Å². The van der Waals surface area contributed by atoms with Gasteiger partial charge < -0.3 is 14.1 Å². The van der Waals surface area contributed by atoms with Crippen molar-refractivity contribution in [1.82, 2.24) is 9.97 Å². The molecule has 2 aromatic carbocycles. The Labute approximate surface area is 170 Å². The van der Waals surface area contributed by atoms with Crippen molar-refractivity contribution in [2.75, 3.05) is 5.73 Å². The predicted octanol–water partition coefficient (Wildman–Crippen LogP) is 3.17. The zero-order valence-corrected chi connectivity index (χ0v) is 16.8. The standard InChI is InChI=1S/C17H16FN3O6S2/c1-8(2)16-14(26-28(22)23)5-10(6-15(16)27-29(24)25)9-3-12(18)11-7-20-17(19)21-13(11)4-9/h3-8H,1-2H3,(H,22,23)(H,24,25)(H2,19,20,21). The Hall–Kier alpha value is -2.67. The molecule has 3 aromatic rings. The molecule has 2 atom stereocenters. The number of hydrogen-bond acceptors (Lipinski definition) is 7. The fourth-order valence-electron chi connectivity index (χ4n) is 2.90. The largest absolute Gasteiger partial charge is 0.380 e. The van der Waals surface area contributed by atoms with Crippen molar-refractivity contribution in [3.8, 4) is 22.6 Å². The lowest BCUT2D eigenvalue weighted by Crippen LogP contribution is -2.07. The first-order valence-corrected chi connectivity index (χ1v) is 10.2. The Morgan fingerprint density at radius 3 is 2.10 bits per heavy atom. The number of aromatic nitrogens is 2. The van der Waals surface area contributed by atoms with Crippen LogP contribution in [-0.2, 0) is 22.7 Å². The summed E-state index contributed by atoms with van der Waals surface area (Å²) in [6.07, 6.45) is 1.26. The van der Waals surface area contributed by atoms with E-state index in [-0.39, 0.29) is 34.3 Å². The minimum absolute atomic E-state index is 0.0383. The number of fused-ring (bicyclic) bond motifs is 1. The van der Waals surface area contributed by atoms with Gasteiger partial charge in [-0.15, -0.1) is 0 Å². The average Bonchev–Trinajstić information content (AvgIpc) is 2.59. The number of nitrogens with two attached hydrogens (primary N) is 1. The summed E-state index contributed by atoms with van der Waals surface area (Å²) >= 11 is -5.33. The molecule has 0 radical (unpaired) electrons. The predicted molar refractivity (Wildman–Crippen MR) is 106 cm³/mol. The van der Waals surface area contributed by atoms with E-state index >= 15 is 0 Å². The molecule has 29 heavy (non-hydrogen) atoms. The van der Waals surface area contributed by atoms with Gasteiger partial charge >= 0.3 is 22.7 Å². The van der Waals surface area contributed by atoms with E-state index in [1.54, 1.807) is 13.8 Å². The number of anilines is 1. The van der Waals surface area contributed by atoms with Crippen molar-refractivity contribution in [2.24, 2.45) is 0 Å². The van der Waals surface area contributed by atoms with Crippen LogP contribution in [0.15, 0.2) is 30.5 Å². The van der Waals surface area contributed by atoms with E-state index in [0.717, 1.165) is 0 Å². The van der Waals surface area contributed by atoms with Gasteiger partial charge in [0.15, 0.2) is 0 Å². The molecule has 3 rings (SSSR count). The first-order valence-electron chi connectivity index (χ1n) is 8.14. The van der Waals surface area contributed by atoms with E-state index in [2.05, 4.69) is 9.97 Å². The number of nitrogens with zero attached hydrogens (tertiary/aromatic N) is 2. The topological polar surface area (TPSA) is 145 Å². The van der Waals surface area contributed by atoms with Crippen LogP contribution in [-0.4, -0.2) is 27.5 Å². The van der Waals surface area contributed by atoms with Gasteiger partial charge in [0, 0.05) is 11.8 Å². The molecule has 12 heteroatoms. The molecule has 154 valence electrons. The van der Waals surface area contributed by atoms with Crippen LogP contribution in [0.1, 0.15) is 25.3 Å². The van der Waals surface area contributed by atoms with Crippen LogP contribution in [0.2, 0.25) is 0 Å². The summed E-state index contributed by atoms with van der Waals surface area (Å²) in [5, 5.41) is 0.155. The summed E-state index contributed by atoms with van der Waals surface area (Å²) in [7, 11) is 0. The van der Waals surface area contributed by atoms with Crippen molar-refractivity contribution in [1.29, 1.82) is 0 Å². The number of rotatable bonds is 6. The van der Waals surface area contributed by atoms with Gasteiger partial charge in [0.25, 0.3) is 0 Å². The highest BCUT2D eigenvalue weighted by atomic mass is 32.2. The summed E-state index contributed by atoms with van der Waals surface area (Å²) in [5.41, 5.74) is 6.71. The highest BCUT2D eigenvalue weighted by molar-refractivity contribution is 7.74. The second kappa shape index (κ2) is 8.37. The number of hydrogen-bond donors (Lipinski definition) is 3. The van der Waals surface area contributed by atoms with Gasteiger partial charge in [-0.2, -0.15) is 8.42 Å². The van der Waals surface area contributed by atoms with E-state index in [4.69, 9.17) is 14.1 Å². The zero-order valence-electron chi connectivity index (χ0n) is 15.2. The van der Waals surface area contributed by atoms with Crippen LogP contribution < -0.4 is 14.1 Å². The summed E-state index contributed by atoms with van der Waals surface area (Å²) in [4.78, 5) is 7.76. The van der Waals surface area contributed by atoms with E-state index < -0.39 is 28.5 Å². The molecule has 0 bridgehead atoms. The Morgan fingerprint density at radius 2 is 1.59 bits per heavy atom. The van der Waals surface area contributed by atoms with Gasteiger partial charge in [-0.25, -0.2) is 14.4 Å². The van der Waals surface area contributed by atoms with Crippen molar-refractivity contribution in [3.05, 3.63) is 41.8 Å². The highest BCUT2D eigenvalue weighted by Gasteiger charge is 2.21. The third-order valence-corrected chi connectivity index (χ3v) is 4.65. The maximum absolute atomic E-state index is 14.5. The number of nitrogen functional groups attached to an aromatic ring is 1. The van der Waals surface area contributed by atoms with Crippen LogP contribution in [0.4, 0.5) is 10.3 Å². The van der Waals surface area contributed by atoms with Gasteiger partial charge in [-0.1, -0.05) is 13.8 Å². The maximum Gasteiger partial charge on any atom is 0.357 e. The first-order chi connectivity index (χ1) is 13.7. The molecule has 0 aliphatic heterocycles. The SMILES string of the molecule is CC(C)c1c(OS(=O)O)cc(-c2cc(F)c3cnc(N)nc3c2)cc1OS(=O)O. The summed E-state index contributed by atoms with van der Waals surface area (Å²) in [6.45, 7) is 3.48. The van der Waals surface area contributed by atoms with E-state index in [1.165, 1.54) is 30.5 Å². The smallest absolute Gasteiger partial charge is 0.357 e. The molecule has 0 saturated heterocycles. The van der Waals surface area contributed by atoms with E-state index in [0.29, 0.717) is 16.7 Å². The Balaban J connectivity index is 2.27. The average molecular weight is 441 g/mol. The van der Waals surface area contributed by atoms with Crippen LogP contribution in [0.25, 0.3) is 22.0 Å². The minimum atomic E-state index is -2.66. The highest BCUT2D eigenvalue weighted by Crippen LogP contribution is 2.41. The Morgan fingerprint density at radius 1 is 1.03 bits per heavy atom. The van der Waals surface area contributed by atoms with Crippen LogP contribution in [0, 0.1) is 5.82 Å². The van der Waals surface area contributed by atoms with Gasteiger partial charge in [0.05, 0.1) is 10.9 Å². The number of halogens is 1. The van der Waals surface area contributed by atoms with E-state index in [9.17, 15) is 21.9 Å². The molecule has 9 nitrogen and oxygen atoms in total. The lowest BCUT2D eigenvalue weighted by Gasteiger charge is -2.17. The normalized spacial score (nSPS) is 13.4. The molecule has 4 N–H and O–H groups in total. The number of benzene rings is 2. The molecule has 1 aromatic heterocycles. The monoisotopic (exact) mass is 441 g/mol. The molecule has 0 spiro atoms. The minimum Gasteiger partial charge on any atom is -0.380 e. The molecule has 0 fully saturated rings. The van der Waals surface area contributed by atoms with Crippen molar-refractivity contribution >= 4 is 39.6 Å². The molecule has 1 heterocycles. The van der Waals surface area contributed by atoms with Gasteiger partial charge in [0.2, 0.25) is 5.95 Å². The van der Waals surface area contributed by atoms with Crippen molar-refractivity contribution < 1.29 is 30.3 Å². The van der Waals surface area contributed by atoms with Crippen molar-refractivity contribution in [3.63, 3.8) is 0 Å². The molecular weight excluding hydrogens is 425 g/mol. The third-order valence-electron chi connectivity index (χ3n) is 4.01. The maximum atomic E-state index is 14.5. The lowest BCUT2D eigenvalue weighted by atomic mass is 9.96. The Bertz CT molecular complexity index is 1100. The molecule has 0 amide bonds. The molecule has 0 saturated carbocycles. The van der Waals surface area contributed by atoms with Crippen molar-refractivity contribution in [2.45, 2.75) is 19.8 Å². The third kappa shape index (κ3) is 4.67. The lowest BCUT2D eigenvalue weighted by molar-refractivity contribution is 0.442. The Kier molecular flexibility index (Phi) is 6.07. The second-order valence-electron chi connectivity index (χ2n) is 6.26. The first kappa shape index (κ1) is 21.0. The van der Waals surface area contributed by atoms with Crippen LogP contribution in [0.3, 0.4) is 0 Å². The second-order valence-corrected chi connectivity index (χ2v) is 7.46. The molecule has 0 aliphatic carbocycles. The van der Waals surface area contributed by atoms with Gasteiger partial charge in [-0.05, 0) is 41.3 Å². The fraction of sp³-hybridized carbons (Fsp3) is 0.176.